The predicted octanol–water partition coefficient (Wildman–Crippen LogP) is -0.637. The lowest BCUT2D eigenvalue weighted by molar-refractivity contribution is -0.914. The molecule has 1 aliphatic carbocycles. The highest BCUT2D eigenvalue weighted by molar-refractivity contribution is 5.96. The first kappa shape index (κ1) is 17.7. The molecule has 2 fully saturated rings. The van der Waals surface area contributed by atoms with Crippen LogP contribution in [0, 0.1) is 0 Å². The van der Waals surface area contributed by atoms with E-state index in [0.29, 0.717) is 0 Å². The van der Waals surface area contributed by atoms with E-state index in [-0.39, 0.29) is 24.0 Å². The van der Waals surface area contributed by atoms with Crippen LogP contribution in [0.1, 0.15) is 32.6 Å². The van der Waals surface area contributed by atoms with E-state index in [1.165, 1.54) is 4.90 Å². The second-order valence-electron chi connectivity index (χ2n) is 7.06. The highest BCUT2D eigenvalue weighted by Gasteiger charge is 2.33. The van der Waals surface area contributed by atoms with E-state index < -0.39 is 0 Å². The number of quaternary nitrogens is 1. The molecule has 2 heterocycles. The molecule has 1 aromatic heterocycles. The molecule has 0 spiro atoms. The normalized spacial score (nSPS) is 20.3. The summed E-state index contributed by atoms with van der Waals surface area (Å²) in [6.45, 7) is 5.43. The van der Waals surface area contributed by atoms with Crippen molar-refractivity contribution >= 4 is 17.8 Å². The van der Waals surface area contributed by atoms with Crippen LogP contribution in [-0.2, 0) is 4.79 Å². The monoisotopic (exact) mass is 347 g/mol. The van der Waals surface area contributed by atoms with Crippen LogP contribution in [-0.4, -0.2) is 50.2 Å². The van der Waals surface area contributed by atoms with E-state index in [9.17, 15) is 9.59 Å². The maximum Gasteiger partial charge on any atom is 0.321 e. The van der Waals surface area contributed by atoms with E-state index in [0.717, 1.165) is 57.7 Å². The van der Waals surface area contributed by atoms with Gasteiger partial charge in [-0.3, -0.25) is 15.0 Å². The van der Waals surface area contributed by atoms with Crippen molar-refractivity contribution in [1.29, 1.82) is 0 Å². The molecule has 25 heavy (non-hydrogen) atoms. The Hall–Kier alpha value is -2.15. The van der Waals surface area contributed by atoms with E-state index in [1.54, 1.807) is 0 Å². The second kappa shape index (κ2) is 8.29. The lowest BCUT2D eigenvalue weighted by atomic mass is 10.2. The van der Waals surface area contributed by atoms with Gasteiger partial charge in [0.2, 0.25) is 0 Å². The summed E-state index contributed by atoms with van der Waals surface area (Å²) in [6, 6.07) is 5.70. The summed E-state index contributed by atoms with van der Waals surface area (Å²) in [5.41, 5.74) is 0. The third-order valence-corrected chi connectivity index (χ3v) is 5.37. The van der Waals surface area contributed by atoms with E-state index >= 15 is 0 Å². The Balaban J connectivity index is 1.44. The van der Waals surface area contributed by atoms with Crippen LogP contribution in [0.3, 0.4) is 0 Å². The van der Waals surface area contributed by atoms with Gasteiger partial charge in [-0.2, -0.15) is 0 Å². The fraction of sp³-hybridized carbons (Fsp3) is 0.611. The van der Waals surface area contributed by atoms with Gasteiger partial charge >= 0.3 is 6.03 Å². The van der Waals surface area contributed by atoms with Crippen LogP contribution >= 0.6 is 0 Å². The molecule has 1 saturated heterocycles. The molecule has 0 bridgehead atoms. The van der Waals surface area contributed by atoms with E-state index in [1.807, 2.05) is 25.3 Å². The van der Waals surface area contributed by atoms with Gasteiger partial charge in [0.15, 0.2) is 6.04 Å². The summed E-state index contributed by atoms with van der Waals surface area (Å²) in [7, 11) is 0. The first-order valence-corrected chi connectivity index (χ1v) is 9.31. The number of carbonyl (C=O) groups is 2. The Morgan fingerprint density at radius 3 is 2.60 bits per heavy atom. The molecule has 3 rings (SSSR count). The number of anilines is 1. The number of nitrogens with zero attached hydrogens (tertiary/aromatic N) is 1. The fourth-order valence-electron chi connectivity index (χ4n) is 3.75. The smallest absolute Gasteiger partial charge is 0.321 e. The zero-order valence-electron chi connectivity index (χ0n) is 14.9. The SMILES string of the molecule is C[C@@H](C(=O)NC(=O)NC1CCCC1)[NH+]1CCN(c2cccc[nH+]2)CC1. The fourth-order valence-corrected chi connectivity index (χ4v) is 3.75. The number of amides is 3. The molecule has 1 aromatic rings. The van der Waals surface area contributed by atoms with Gasteiger partial charge in [0.25, 0.3) is 11.7 Å². The first-order valence-electron chi connectivity index (χ1n) is 9.31. The van der Waals surface area contributed by atoms with Crippen molar-refractivity contribution in [3.63, 3.8) is 0 Å². The lowest BCUT2D eigenvalue weighted by Gasteiger charge is -2.31. The molecule has 1 aliphatic heterocycles. The number of nitrogens with one attached hydrogen (secondary N) is 4. The first-order chi connectivity index (χ1) is 12.1. The number of H-pyrrole nitrogens is 1. The molecule has 4 N–H and O–H groups in total. The average Bonchev–Trinajstić information content (AvgIpc) is 3.14. The molecule has 1 atom stereocenters. The number of pyridine rings is 1. The van der Waals surface area contributed by atoms with Gasteiger partial charge < -0.3 is 10.2 Å². The number of urea groups is 1. The van der Waals surface area contributed by atoms with Gasteiger partial charge in [-0.25, -0.2) is 9.78 Å². The van der Waals surface area contributed by atoms with Crippen molar-refractivity contribution in [3.8, 4) is 0 Å². The Morgan fingerprint density at radius 1 is 1.24 bits per heavy atom. The summed E-state index contributed by atoms with van der Waals surface area (Å²) in [4.78, 5) is 31.1. The van der Waals surface area contributed by atoms with Crippen molar-refractivity contribution in [2.45, 2.75) is 44.7 Å². The van der Waals surface area contributed by atoms with Crippen LogP contribution in [0.4, 0.5) is 10.6 Å². The minimum Gasteiger partial charge on any atom is -0.335 e. The number of aromatic nitrogens is 1. The molecule has 0 aromatic carbocycles. The molecule has 0 radical (unpaired) electrons. The zero-order chi connectivity index (χ0) is 17.6. The molecule has 2 aliphatic rings. The minimum atomic E-state index is -0.347. The highest BCUT2D eigenvalue weighted by Crippen LogP contribution is 2.17. The van der Waals surface area contributed by atoms with Gasteiger partial charge in [0.1, 0.15) is 26.2 Å². The number of hydrogen-bond acceptors (Lipinski definition) is 3. The molecule has 3 amide bonds. The third kappa shape index (κ3) is 4.69. The predicted molar refractivity (Wildman–Crippen MR) is 94.3 cm³/mol. The van der Waals surface area contributed by atoms with Crippen LogP contribution in [0.5, 0.6) is 0 Å². The summed E-state index contributed by atoms with van der Waals surface area (Å²) < 4.78 is 0. The maximum absolute atomic E-state index is 12.4. The minimum absolute atomic E-state index is 0.190. The van der Waals surface area contributed by atoms with Crippen molar-refractivity contribution < 1.29 is 19.5 Å². The Bertz CT molecular complexity index is 580. The van der Waals surface area contributed by atoms with Crippen molar-refractivity contribution in [1.82, 2.24) is 10.6 Å². The largest absolute Gasteiger partial charge is 0.335 e. The molecule has 1 saturated carbocycles. The van der Waals surface area contributed by atoms with Gasteiger partial charge in [-0.15, -0.1) is 0 Å². The molecule has 7 nitrogen and oxygen atoms in total. The highest BCUT2D eigenvalue weighted by atomic mass is 16.2. The topological polar surface area (TPSA) is 80.0 Å². The number of hydrogen-bond donors (Lipinski definition) is 3. The number of aromatic amines is 1. The molecule has 7 heteroatoms. The van der Waals surface area contributed by atoms with Gasteiger partial charge in [-0.1, -0.05) is 18.9 Å². The molecular weight excluding hydrogens is 318 g/mol. The lowest BCUT2D eigenvalue weighted by Crippen LogP contribution is -3.19. The number of piperazine rings is 1. The number of carbonyl (C=O) groups excluding carboxylic acids is 2. The summed E-state index contributed by atoms with van der Waals surface area (Å²) in [5.74, 6) is 0.916. The molecule has 0 unspecified atom stereocenters. The number of imide groups is 1. The van der Waals surface area contributed by atoms with Gasteiger partial charge in [-0.05, 0) is 25.8 Å². The molecule has 136 valence electrons. The average molecular weight is 347 g/mol. The van der Waals surface area contributed by atoms with E-state index in [2.05, 4.69) is 26.6 Å². The summed E-state index contributed by atoms with van der Waals surface area (Å²) in [5, 5.41) is 5.42. The van der Waals surface area contributed by atoms with E-state index in [4.69, 9.17) is 0 Å². The Labute approximate surface area is 148 Å². The van der Waals surface area contributed by atoms with Crippen LogP contribution in [0.15, 0.2) is 24.4 Å². The quantitative estimate of drug-likeness (QED) is 0.678. The van der Waals surface area contributed by atoms with Crippen molar-refractivity contribution in [3.05, 3.63) is 24.4 Å². The van der Waals surface area contributed by atoms with Gasteiger partial charge in [0.05, 0.1) is 6.20 Å². The van der Waals surface area contributed by atoms with Crippen molar-refractivity contribution in [2.24, 2.45) is 0 Å². The van der Waals surface area contributed by atoms with Crippen LogP contribution in [0.25, 0.3) is 0 Å². The zero-order valence-corrected chi connectivity index (χ0v) is 14.9. The standard InChI is InChI=1S/C18H27N5O2/c1-14(17(24)21-18(25)20-15-6-2-3-7-15)22-10-12-23(13-11-22)16-8-4-5-9-19-16/h4-5,8-9,14-15H,2-3,6-7,10-13H2,1H3,(H2,20,21,24,25)/p+2/t14-/m0/s1. The van der Waals surface area contributed by atoms with Crippen LogP contribution < -0.4 is 25.4 Å². The Morgan fingerprint density at radius 2 is 1.96 bits per heavy atom. The molecular formula is C18H29N5O2+2. The number of rotatable bonds is 4. The summed E-state index contributed by atoms with van der Waals surface area (Å²) in [6.07, 6.45) is 6.26. The van der Waals surface area contributed by atoms with Crippen molar-refractivity contribution in [2.75, 3.05) is 31.1 Å². The summed E-state index contributed by atoms with van der Waals surface area (Å²) >= 11 is 0. The Kier molecular flexibility index (Phi) is 5.86. The second-order valence-corrected chi connectivity index (χ2v) is 7.06. The maximum atomic E-state index is 12.4. The van der Waals surface area contributed by atoms with Crippen LogP contribution in [0.2, 0.25) is 0 Å². The van der Waals surface area contributed by atoms with Gasteiger partial charge in [0, 0.05) is 12.1 Å². The third-order valence-electron chi connectivity index (χ3n) is 5.37.